The van der Waals surface area contributed by atoms with Gasteiger partial charge in [-0.2, -0.15) is 0 Å². The molecule has 22 heavy (non-hydrogen) atoms. The molecule has 1 aromatic heterocycles. The van der Waals surface area contributed by atoms with E-state index in [2.05, 4.69) is 26.4 Å². The molecule has 0 spiro atoms. The van der Waals surface area contributed by atoms with Gasteiger partial charge in [0.1, 0.15) is 5.82 Å². The lowest BCUT2D eigenvalue weighted by Gasteiger charge is -2.25. The Morgan fingerprint density at radius 2 is 2.09 bits per heavy atom. The van der Waals surface area contributed by atoms with Crippen molar-refractivity contribution in [1.82, 2.24) is 5.16 Å². The molecule has 116 valence electrons. The molecular formula is C14H13BrFN3O3. The highest BCUT2D eigenvalue weighted by Gasteiger charge is 2.19. The van der Waals surface area contributed by atoms with Crippen molar-refractivity contribution >= 4 is 33.4 Å². The summed E-state index contributed by atoms with van der Waals surface area (Å²) >= 11 is 3.16. The van der Waals surface area contributed by atoms with E-state index in [0.29, 0.717) is 36.7 Å². The zero-order chi connectivity index (χ0) is 15.5. The Bertz CT molecular complexity index is 686. The second-order valence-corrected chi connectivity index (χ2v) is 5.64. The molecule has 1 fully saturated rings. The van der Waals surface area contributed by atoms with Crippen molar-refractivity contribution in [1.29, 1.82) is 0 Å². The highest BCUT2D eigenvalue weighted by molar-refractivity contribution is 9.10. The van der Waals surface area contributed by atoms with Gasteiger partial charge in [0.15, 0.2) is 5.69 Å². The van der Waals surface area contributed by atoms with Gasteiger partial charge in [0.25, 0.3) is 5.91 Å². The monoisotopic (exact) mass is 369 g/mol. The first-order chi connectivity index (χ1) is 10.6. The first kappa shape index (κ1) is 15.0. The highest BCUT2D eigenvalue weighted by atomic mass is 79.9. The van der Waals surface area contributed by atoms with Gasteiger partial charge >= 0.3 is 0 Å². The maximum Gasteiger partial charge on any atom is 0.278 e. The molecule has 3 rings (SSSR count). The number of halogens is 2. The molecule has 0 atom stereocenters. The second-order valence-electron chi connectivity index (χ2n) is 4.73. The van der Waals surface area contributed by atoms with E-state index in [1.54, 1.807) is 6.07 Å². The van der Waals surface area contributed by atoms with E-state index in [1.807, 2.05) is 4.90 Å². The third-order valence-electron chi connectivity index (χ3n) is 3.23. The van der Waals surface area contributed by atoms with Gasteiger partial charge in [-0.3, -0.25) is 4.79 Å². The van der Waals surface area contributed by atoms with E-state index in [-0.39, 0.29) is 11.4 Å². The van der Waals surface area contributed by atoms with Crippen LogP contribution in [0.4, 0.5) is 16.0 Å². The largest absolute Gasteiger partial charge is 0.378 e. The minimum atomic E-state index is -0.528. The Labute approximate surface area is 134 Å². The van der Waals surface area contributed by atoms with Gasteiger partial charge in [0.2, 0.25) is 5.88 Å². The van der Waals surface area contributed by atoms with Gasteiger partial charge < -0.3 is 19.5 Å². The maximum atomic E-state index is 13.7. The predicted molar refractivity (Wildman–Crippen MR) is 81.6 cm³/mol. The van der Waals surface area contributed by atoms with E-state index in [0.717, 1.165) is 0 Å². The van der Waals surface area contributed by atoms with Crippen LogP contribution in [0.3, 0.4) is 0 Å². The van der Waals surface area contributed by atoms with E-state index in [4.69, 9.17) is 9.26 Å². The molecule has 6 nitrogen and oxygen atoms in total. The molecule has 0 saturated carbocycles. The number of nitrogens with one attached hydrogen (secondary N) is 1. The Morgan fingerprint density at radius 3 is 2.82 bits per heavy atom. The van der Waals surface area contributed by atoms with Crippen LogP contribution in [0.5, 0.6) is 0 Å². The highest BCUT2D eigenvalue weighted by Crippen LogP contribution is 2.21. The SMILES string of the molecule is O=C(Nc1ccc(Br)cc1F)c1cc(N2CCOCC2)on1. The van der Waals surface area contributed by atoms with E-state index in [9.17, 15) is 9.18 Å². The van der Waals surface area contributed by atoms with Gasteiger partial charge in [-0.15, -0.1) is 0 Å². The lowest BCUT2D eigenvalue weighted by atomic mass is 10.3. The summed E-state index contributed by atoms with van der Waals surface area (Å²) in [6, 6.07) is 5.93. The number of amides is 1. The van der Waals surface area contributed by atoms with Crippen molar-refractivity contribution < 1.29 is 18.4 Å². The summed E-state index contributed by atoms with van der Waals surface area (Å²) < 4.78 is 24.7. The molecule has 8 heteroatoms. The average Bonchev–Trinajstić information content (AvgIpc) is 3.01. The maximum absolute atomic E-state index is 13.7. The minimum Gasteiger partial charge on any atom is -0.378 e. The number of hydrogen-bond donors (Lipinski definition) is 1. The van der Waals surface area contributed by atoms with E-state index < -0.39 is 11.7 Å². The Morgan fingerprint density at radius 1 is 1.32 bits per heavy atom. The van der Waals surface area contributed by atoms with Gasteiger partial charge in [-0.05, 0) is 18.2 Å². The van der Waals surface area contributed by atoms with Crippen LogP contribution >= 0.6 is 15.9 Å². The number of carbonyl (C=O) groups excluding carboxylic acids is 1. The molecule has 1 N–H and O–H groups in total. The Hall–Kier alpha value is -1.93. The molecule has 1 aliphatic rings. The quantitative estimate of drug-likeness (QED) is 0.900. The summed E-state index contributed by atoms with van der Waals surface area (Å²) in [6.07, 6.45) is 0. The van der Waals surface area contributed by atoms with E-state index in [1.165, 1.54) is 18.2 Å². The molecule has 1 amide bonds. The zero-order valence-corrected chi connectivity index (χ0v) is 13.1. The number of benzene rings is 1. The van der Waals surface area contributed by atoms with Crippen LogP contribution in [0.1, 0.15) is 10.5 Å². The smallest absolute Gasteiger partial charge is 0.278 e. The van der Waals surface area contributed by atoms with Crippen molar-refractivity contribution in [2.75, 3.05) is 36.5 Å². The normalized spacial score (nSPS) is 14.9. The number of hydrogen-bond acceptors (Lipinski definition) is 5. The van der Waals surface area contributed by atoms with Crippen LogP contribution in [0.15, 0.2) is 33.3 Å². The predicted octanol–water partition coefficient (Wildman–Crippen LogP) is 2.67. The number of morpholine rings is 1. The van der Waals surface area contributed by atoms with Gasteiger partial charge in [-0.25, -0.2) is 4.39 Å². The Balaban J connectivity index is 1.71. The van der Waals surface area contributed by atoms with Crippen LogP contribution in [-0.2, 0) is 4.74 Å². The molecule has 0 radical (unpaired) electrons. The number of aromatic nitrogens is 1. The van der Waals surface area contributed by atoms with Crippen LogP contribution < -0.4 is 10.2 Å². The fourth-order valence-electron chi connectivity index (χ4n) is 2.08. The van der Waals surface area contributed by atoms with Crippen LogP contribution in [0.2, 0.25) is 0 Å². The third-order valence-corrected chi connectivity index (χ3v) is 3.73. The summed E-state index contributed by atoms with van der Waals surface area (Å²) in [4.78, 5) is 14.0. The molecule has 0 aliphatic carbocycles. The second kappa shape index (κ2) is 6.45. The fourth-order valence-corrected chi connectivity index (χ4v) is 2.42. The van der Waals surface area contributed by atoms with Gasteiger partial charge in [0.05, 0.1) is 18.9 Å². The lowest BCUT2D eigenvalue weighted by molar-refractivity contribution is 0.101. The first-order valence-corrected chi connectivity index (χ1v) is 7.48. The van der Waals surface area contributed by atoms with Crippen LogP contribution in [0, 0.1) is 5.82 Å². The topological polar surface area (TPSA) is 67.6 Å². The molecule has 1 aliphatic heterocycles. The summed E-state index contributed by atoms with van der Waals surface area (Å²) in [7, 11) is 0. The van der Waals surface area contributed by atoms with E-state index >= 15 is 0 Å². The molecule has 2 heterocycles. The molecule has 1 saturated heterocycles. The lowest BCUT2D eigenvalue weighted by Crippen LogP contribution is -2.35. The van der Waals surface area contributed by atoms with Crippen molar-refractivity contribution in [3.8, 4) is 0 Å². The Kier molecular flexibility index (Phi) is 4.39. The molecule has 0 bridgehead atoms. The number of nitrogens with zero attached hydrogens (tertiary/aromatic N) is 2. The number of ether oxygens (including phenoxy) is 1. The number of rotatable bonds is 3. The van der Waals surface area contributed by atoms with Gasteiger partial charge in [0, 0.05) is 23.6 Å². The third kappa shape index (κ3) is 3.28. The van der Waals surface area contributed by atoms with Crippen LogP contribution in [0.25, 0.3) is 0 Å². The molecule has 1 aromatic carbocycles. The van der Waals surface area contributed by atoms with Crippen molar-refractivity contribution in [2.24, 2.45) is 0 Å². The zero-order valence-electron chi connectivity index (χ0n) is 11.5. The molecule has 0 unspecified atom stereocenters. The fraction of sp³-hybridized carbons (Fsp3) is 0.286. The standard InChI is InChI=1S/C14H13BrFN3O3/c15-9-1-2-11(10(16)7-9)17-14(20)12-8-13(22-18-12)19-3-5-21-6-4-19/h1-2,7-8H,3-6H2,(H,17,20). The molecular weight excluding hydrogens is 357 g/mol. The summed E-state index contributed by atoms with van der Waals surface area (Å²) in [5.41, 5.74) is 0.188. The van der Waals surface area contributed by atoms with Crippen molar-refractivity contribution in [2.45, 2.75) is 0 Å². The summed E-state index contributed by atoms with van der Waals surface area (Å²) in [5, 5.41) is 6.20. The summed E-state index contributed by atoms with van der Waals surface area (Å²) in [5.74, 6) is -0.547. The van der Waals surface area contributed by atoms with Crippen molar-refractivity contribution in [3.63, 3.8) is 0 Å². The first-order valence-electron chi connectivity index (χ1n) is 6.69. The van der Waals surface area contributed by atoms with Crippen LogP contribution in [-0.4, -0.2) is 37.4 Å². The average molecular weight is 370 g/mol. The van der Waals surface area contributed by atoms with Gasteiger partial charge in [-0.1, -0.05) is 21.1 Å². The number of anilines is 2. The summed E-state index contributed by atoms with van der Waals surface area (Å²) in [6.45, 7) is 2.56. The van der Waals surface area contributed by atoms with Crippen molar-refractivity contribution in [3.05, 3.63) is 40.2 Å². The molecule has 2 aromatic rings. The minimum absolute atomic E-state index is 0.0872. The number of carbonyl (C=O) groups is 1.